The van der Waals surface area contributed by atoms with Crippen LogP contribution in [0.15, 0.2) is 16.8 Å². The number of hydrogen-bond acceptors (Lipinski definition) is 3. The molecule has 0 aromatic carbocycles. The molecule has 1 saturated carbocycles. The number of amides is 2. The van der Waals surface area contributed by atoms with Crippen LogP contribution in [0.25, 0.3) is 0 Å². The van der Waals surface area contributed by atoms with E-state index < -0.39 is 0 Å². The maximum absolute atomic E-state index is 11.9. The van der Waals surface area contributed by atoms with Crippen molar-refractivity contribution in [1.29, 1.82) is 0 Å². The molecule has 2 fully saturated rings. The van der Waals surface area contributed by atoms with Gasteiger partial charge in [-0.05, 0) is 59.4 Å². The van der Waals surface area contributed by atoms with E-state index in [0.29, 0.717) is 6.54 Å². The predicted molar refractivity (Wildman–Crippen MR) is 87.9 cm³/mol. The fourth-order valence-electron chi connectivity index (χ4n) is 4.27. The third-order valence-corrected chi connectivity index (χ3v) is 6.19. The van der Waals surface area contributed by atoms with Crippen molar-refractivity contribution in [2.75, 3.05) is 19.0 Å². The van der Waals surface area contributed by atoms with Crippen molar-refractivity contribution in [1.82, 2.24) is 4.90 Å². The molecule has 1 aromatic heterocycles. The number of thiophene rings is 1. The molecule has 1 aliphatic heterocycles. The second-order valence-electron chi connectivity index (χ2n) is 6.63. The molecule has 0 radical (unpaired) electrons. The van der Waals surface area contributed by atoms with Crippen LogP contribution in [0, 0.1) is 11.3 Å². The van der Waals surface area contributed by atoms with E-state index in [4.69, 9.17) is 17.3 Å². The van der Waals surface area contributed by atoms with Gasteiger partial charge in [0, 0.05) is 19.0 Å². The molecule has 0 bridgehead atoms. The molecule has 120 valence electrons. The van der Waals surface area contributed by atoms with Gasteiger partial charge in [0.2, 0.25) is 11.8 Å². The second kappa shape index (κ2) is 6.20. The average Bonchev–Trinajstić information content (AvgIpc) is 3.14. The van der Waals surface area contributed by atoms with E-state index in [0.717, 1.165) is 32.2 Å². The van der Waals surface area contributed by atoms with Gasteiger partial charge in [0.1, 0.15) is 5.88 Å². The van der Waals surface area contributed by atoms with Crippen LogP contribution in [0.4, 0.5) is 0 Å². The molecule has 1 aliphatic carbocycles. The van der Waals surface area contributed by atoms with E-state index in [1.807, 2.05) is 10.3 Å². The third kappa shape index (κ3) is 2.88. The minimum atomic E-state index is -0.214. The Morgan fingerprint density at radius 2 is 2.27 bits per heavy atom. The highest BCUT2D eigenvalue weighted by Gasteiger charge is 2.50. The Bertz CT molecular complexity index is 563. The molecular weight excluding hydrogens is 320 g/mol. The third-order valence-electron chi connectivity index (χ3n) is 5.26. The van der Waals surface area contributed by atoms with E-state index in [1.54, 1.807) is 11.3 Å². The molecule has 6 heteroatoms. The second-order valence-corrected chi connectivity index (χ2v) is 7.68. The summed E-state index contributed by atoms with van der Waals surface area (Å²) in [5, 5.41) is 4.16. The van der Waals surface area contributed by atoms with Crippen molar-refractivity contribution in [3.63, 3.8) is 0 Å². The van der Waals surface area contributed by atoms with E-state index in [-0.39, 0.29) is 34.9 Å². The van der Waals surface area contributed by atoms with Crippen LogP contribution in [0.1, 0.15) is 37.2 Å². The zero-order chi connectivity index (χ0) is 15.7. The van der Waals surface area contributed by atoms with Gasteiger partial charge >= 0.3 is 0 Å². The van der Waals surface area contributed by atoms with E-state index in [2.05, 4.69) is 11.4 Å². The number of nitrogens with two attached hydrogens (primary N) is 1. The van der Waals surface area contributed by atoms with Gasteiger partial charge < -0.3 is 10.6 Å². The Morgan fingerprint density at radius 1 is 1.45 bits per heavy atom. The summed E-state index contributed by atoms with van der Waals surface area (Å²) in [5.41, 5.74) is 6.90. The molecule has 2 N–H and O–H groups in total. The number of primary amides is 1. The highest BCUT2D eigenvalue weighted by Crippen LogP contribution is 2.54. The summed E-state index contributed by atoms with van der Waals surface area (Å²) in [5.74, 6) is -0.122. The number of piperidine rings is 1. The highest BCUT2D eigenvalue weighted by molar-refractivity contribution is 7.08. The number of halogens is 1. The topological polar surface area (TPSA) is 63.4 Å². The average molecular weight is 341 g/mol. The van der Waals surface area contributed by atoms with Crippen molar-refractivity contribution >= 4 is 34.8 Å². The van der Waals surface area contributed by atoms with Gasteiger partial charge in [-0.15, -0.1) is 11.6 Å². The summed E-state index contributed by atoms with van der Waals surface area (Å²) in [6.45, 7) is 1.49. The quantitative estimate of drug-likeness (QED) is 0.859. The van der Waals surface area contributed by atoms with Gasteiger partial charge in [-0.2, -0.15) is 11.3 Å². The largest absolute Gasteiger partial charge is 0.369 e. The number of rotatable bonds is 3. The Labute approximate surface area is 139 Å². The molecule has 3 unspecified atom stereocenters. The molecule has 1 saturated heterocycles. The van der Waals surface area contributed by atoms with Crippen LogP contribution >= 0.6 is 22.9 Å². The zero-order valence-electron chi connectivity index (χ0n) is 12.5. The van der Waals surface area contributed by atoms with Crippen molar-refractivity contribution in [2.45, 2.75) is 31.6 Å². The van der Waals surface area contributed by atoms with E-state index in [1.165, 1.54) is 5.56 Å². The predicted octanol–water partition coefficient (Wildman–Crippen LogP) is 2.57. The lowest BCUT2D eigenvalue weighted by Gasteiger charge is -2.40. The molecule has 3 rings (SSSR count). The molecule has 1 spiro atoms. The maximum atomic E-state index is 11.9. The Balaban J connectivity index is 1.83. The molecule has 22 heavy (non-hydrogen) atoms. The normalized spacial score (nSPS) is 31.6. The molecular formula is C16H21ClN2O2S. The van der Waals surface area contributed by atoms with Crippen LogP contribution < -0.4 is 5.73 Å². The first-order valence-corrected chi connectivity index (χ1v) is 9.17. The lowest BCUT2D eigenvalue weighted by molar-refractivity contribution is -0.132. The van der Waals surface area contributed by atoms with Crippen LogP contribution in [-0.2, 0) is 9.59 Å². The van der Waals surface area contributed by atoms with Crippen molar-refractivity contribution in [3.05, 3.63) is 22.4 Å². The SMILES string of the molecule is NC(=O)C1CC2(CCCN(C(=O)CCl)C2)CC1c1ccsc1. The number of likely N-dealkylation sites (tertiary alicyclic amines) is 1. The van der Waals surface area contributed by atoms with Crippen LogP contribution in [-0.4, -0.2) is 35.7 Å². The summed E-state index contributed by atoms with van der Waals surface area (Å²) >= 11 is 7.36. The van der Waals surface area contributed by atoms with E-state index in [9.17, 15) is 9.59 Å². The lowest BCUT2D eigenvalue weighted by Crippen LogP contribution is -2.46. The lowest BCUT2D eigenvalue weighted by atomic mass is 9.77. The molecule has 2 heterocycles. The standard InChI is InChI=1S/C16H21ClN2O2S/c17-8-14(20)19-4-1-3-16(10-19)6-12(11-2-5-22-9-11)13(7-16)15(18)21/h2,5,9,12-13H,1,3-4,6-8,10H2,(H2,18,21). The molecule has 2 aliphatic rings. The summed E-state index contributed by atoms with van der Waals surface area (Å²) < 4.78 is 0. The molecule has 1 aromatic rings. The van der Waals surface area contributed by atoms with Gasteiger partial charge in [-0.1, -0.05) is 0 Å². The fourth-order valence-corrected chi connectivity index (χ4v) is 5.17. The van der Waals surface area contributed by atoms with Crippen molar-refractivity contribution < 1.29 is 9.59 Å². The summed E-state index contributed by atoms with van der Waals surface area (Å²) in [6, 6.07) is 2.09. The van der Waals surface area contributed by atoms with Crippen molar-refractivity contribution in [2.24, 2.45) is 17.1 Å². The molecule has 4 nitrogen and oxygen atoms in total. The first-order chi connectivity index (χ1) is 10.5. The molecule has 2 amide bonds. The van der Waals surface area contributed by atoms with Crippen LogP contribution in [0.5, 0.6) is 0 Å². The van der Waals surface area contributed by atoms with Gasteiger partial charge in [0.15, 0.2) is 0 Å². The van der Waals surface area contributed by atoms with Crippen molar-refractivity contribution in [3.8, 4) is 0 Å². The molecule has 3 atom stereocenters. The number of carbonyl (C=O) groups is 2. The number of carbonyl (C=O) groups excluding carboxylic acids is 2. The van der Waals surface area contributed by atoms with Gasteiger partial charge in [-0.3, -0.25) is 9.59 Å². The van der Waals surface area contributed by atoms with Crippen LogP contribution in [0.3, 0.4) is 0 Å². The number of nitrogens with zero attached hydrogens (tertiary/aromatic N) is 1. The summed E-state index contributed by atoms with van der Waals surface area (Å²) in [4.78, 5) is 25.7. The minimum Gasteiger partial charge on any atom is -0.369 e. The fraction of sp³-hybridized carbons (Fsp3) is 0.625. The Hall–Kier alpha value is -1.07. The van der Waals surface area contributed by atoms with Crippen LogP contribution in [0.2, 0.25) is 0 Å². The number of hydrogen-bond donors (Lipinski definition) is 1. The first-order valence-electron chi connectivity index (χ1n) is 7.70. The first kappa shape index (κ1) is 15.8. The van der Waals surface area contributed by atoms with Gasteiger partial charge in [0.25, 0.3) is 0 Å². The van der Waals surface area contributed by atoms with Gasteiger partial charge in [-0.25, -0.2) is 0 Å². The summed E-state index contributed by atoms with van der Waals surface area (Å²) in [7, 11) is 0. The van der Waals surface area contributed by atoms with Gasteiger partial charge in [0.05, 0.1) is 0 Å². The Morgan fingerprint density at radius 3 is 2.91 bits per heavy atom. The zero-order valence-corrected chi connectivity index (χ0v) is 14.0. The smallest absolute Gasteiger partial charge is 0.237 e. The number of alkyl halides is 1. The maximum Gasteiger partial charge on any atom is 0.237 e. The van der Waals surface area contributed by atoms with E-state index >= 15 is 0 Å². The summed E-state index contributed by atoms with van der Waals surface area (Å²) in [6.07, 6.45) is 3.76. The Kier molecular flexibility index (Phi) is 4.46. The highest BCUT2D eigenvalue weighted by atomic mass is 35.5. The monoisotopic (exact) mass is 340 g/mol. The minimum absolute atomic E-state index is 0.00431.